The number of non-ortho nitro benzene ring substituents is 1. The zero-order valence-corrected chi connectivity index (χ0v) is 12.6. The molecule has 3 rings (SSSR count). The van der Waals surface area contributed by atoms with Crippen molar-refractivity contribution in [3.8, 4) is 0 Å². The summed E-state index contributed by atoms with van der Waals surface area (Å²) in [4.78, 5) is 10.1. The Balaban J connectivity index is 1.48. The zero-order valence-electron chi connectivity index (χ0n) is 11.8. The molecule has 7 heteroatoms. The van der Waals surface area contributed by atoms with Crippen molar-refractivity contribution in [3.05, 3.63) is 52.1 Å². The Bertz CT molecular complexity index is 641. The average Bonchev–Trinajstić information content (AvgIpc) is 3.10. The molecule has 1 aromatic carbocycles. The Morgan fingerprint density at radius 1 is 1.32 bits per heavy atom. The number of hydrazone groups is 1. The highest BCUT2D eigenvalue weighted by molar-refractivity contribution is 7.80. The van der Waals surface area contributed by atoms with E-state index >= 15 is 0 Å². The van der Waals surface area contributed by atoms with E-state index in [2.05, 4.69) is 28.0 Å². The SMILES string of the molecule is O=[N+]([O-])c1ccc(/C=N\NC(=S)N[C@H]2C[C@@H]3C=C[C@@H]2C3)cc1. The quantitative estimate of drug-likeness (QED) is 0.293. The van der Waals surface area contributed by atoms with E-state index in [-0.39, 0.29) is 5.69 Å². The number of nitro groups is 1. The van der Waals surface area contributed by atoms with Gasteiger partial charge in [0.15, 0.2) is 5.11 Å². The van der Waals surface area contributed by atoms with E-state index in [9.17, 15) is 10.1 Å². The molecule has 1 aromatic rings. The molecular weight excluding hydrogens is 300 g/mol. The Kier molecular flexibility index (Phi) is 4.15. The standard InChI is InChI=1S/C15H16N4O2S/c20-19(21)13-5-2-10(3-6-13)9-16-18-15(22)17-14-8-11-1-4-12(14)7-11/h1-6,9,11-12,14H,7-8H2,(H2,17,18,22)/b16-9-/t11-,12-,14+/m1/s1. The minimum absolute atomic E-state index is 0.0617. The molecule has 0 aliphatic heterocycles. The molecule has 114 valence electrons. The summed E-state index contributed by atoms with van der Waals surface area (Å²) in [5, 5.41) is 18.4. The lowest BCUT2D eigenvalue weighted by Gasteiger charge is -2.20. The first-order valence-electron chi connectivity index (χ1n) is 7.14. The molecule has 6 nitrogen and oxygen atoms in total. The molecule has 2 N–H and O–H groups in total. The van der Waals surface area contributed by atoms with Gasteiger partial charge in [-0.05, 0) is 54.6 Å². The smallest absolute Gasteiger partial charge is 0.269 e. The molecule has 2 bridgehead atoms. The van der Waals surface area contributed by atoms with Crippen LogP contribution in [-0.4, -0.2) is 22.3 Å². The van der Waals surface area contributed by atoms with Crippen molar-refractivity contribution >= 4 is 29.2 Å². The number of hydrogen-bond acceptors (Lipinski definition) is 4. The largest absolute Gasteiger partial charge is 0.358 e. The van der Waals surface area contributed by atoms with E-state index in [0.717, 1.165) is 12.0 Å². The molecule has 2 aliphatic carbocycles. The van der Waals surface area contributed by atoms with Gasteiger partial charge >= 0.3 is 0 Å². The maximum Gasteiger partial charge on any atom is 0.269 e. The van der Waals surface area contributed by atoms with Gasteiger partial charge in [0.25, 0.3) is 5.69 Å². The van der Waals surface area contributed by atoms with Gasteiger partial charge in [-0.3, -0.25) is 15.5 Å². The lowest BCUT2D eigenvalue weighted by Crippen LogP contribution is -2.42. The predicted octanol–water partition coefficient (Wildman–Crippen LogP) is 2.36. The van der Waals surface area contributed by atoms with Crippen molar-refractivity contribution in [3.63, 3.8) is 0 Å². The van der Waals surface area contributed by atoms with Gasteiger partial charge in [0, 0.05) is 18.2 Å². The monoisotopic (exact) mass is 316 g/mol. The first kappa shape index (κ1) is 14.6. The summed E-state index contributed by atoms with van der Waals surface area (Å²) in [6.07, 6.45) is 8.46. The van der Waals surface area contributed by atoms with Crippen LogP contribution in [0.25, 0.3) is 0 Å². The normalized spacial score (nSPS) is 25.5. The Morgan fingerprint density at radius 3 is 2.68 bits per heavy atom. The highest BCUT2D eigenvalue weighted by atomic mass is 32.1. The van der Waals surface area contributed by atoms with Gasteiger partial charge in [-0.2, -0.15) is 5.10 Å². The third-order valence-electron chi connectivity index (χ3n) is 4.08. The topological polar surface area (TPSA) is 79.6 Å². The third kappa shape index (κ3) is 3.30. The molecule has 0 amide bonds. The molecular formula is C15H16N4O2S. The molecule has 1 fully saturated rings. The third-order valence-corrected chi connectivity index (χ3v) is 4.29. The number of nitro benzene ring substituents is 1. The van der Waals surface area contributed by atoms with Crippen LogP contribution in [0, 0.1) is 22.0 Å². The van der Waals surface area contributed by atoms with Crippen LogP contribution >= 0.6 is 12.2 Å². The van der Waals surface area contributed by atoms with Crippen LogP contribution < -0.4 is 10.7 Å². The summed E-state index contributed by atoms with van der Waals surface area (Å²) < 4.78 is 0. The molecule has 1 saturated carbocycles. The van der Waals surface area contributed by atoms with E-state index < -0.39 is 4.92 Å². The summed E-state index contributed by atoms with van der Waals surface area (Å²) >= 11 is 5.23. The molecule has 0 heterocycles. The molecule has 2 aliphatic rings. The van der Waals surface area contributed by atoms with Crippen LogP contribution in [0.2, 0.25) is 0 Å². The maximum absolute atomic E-state index is 10.6. The first-order chi connectivity index (χ1) is 10.6. The number of allylic oxidation sites excluding steroid dienone is 1. The van der Waals surface area contributed by atoms with Crippen molar-refractivity contribution in [2.45, 2.75) is 18.9 Å². The number of rotatable bonds is 4. The second-order valence-corrected chi connectivity index (χ2v) is 5.99. The van der Waals surface area contributed by atoms with E-state index in [1.54, 1.807) is 18.3 Å². The number of fused-ring (bicyclic) bond motifs is 2. The van der Waals surface area contributed by atoms with Crippen LogP contribution in [-0.2, 0) is 0 Å². The highest BCUT2D eigenvalue weighted by Gasteiger charge is 2.35. The zero-order chi connectivity index (χ0) is 15.5. The van der Waals surface area contributed by atoms with Crippen LogP contribution in [0.15, 0.2) is 41.5 Å². The lowest BCUT2D eigenvalue weighted by atomic mass is 10.0. The summed E-state index contributed by atoms with van der Waals surface area (Å²) in [5.74, 6) is 1.26. The van der Waals surface area contributed by atoms with Crippen LogP contribution in [0.5, 0.6) is 0 Å². The average molecular weight is 316 g/mol. The van der Waals surface area contributed by atoms with Gasteiger partial charge in [-0.1, -0.05) is 12.2 Å². The van der Waals surface area contributed by atoms with Gasteiger partial charge in [-0.15, -0.1) is 0 Å². The molecule has 0 aromatic heterocycles. The number of hydrogen-bond donors (Lipinski definition) is 2. The van der Waals surface area contributed by atoms with Gasteiger partial charge in [0.2, 0.25) is 0 Å². The van der Waals surface area contributed by atoms with Crippen molar-refractivity contribution in [1.82, 2.24) is 10.7 Å². The maximum atomic E-state index is 10.6. The summed E-state index contributed by atoms with van der Waals surface area (Å²) in [5.41, 5.74) is 3.62. The van der Waals surface area contributed by atoms with Crippen molar-refractivity contribution in [2.75, 3.05) is 0 Å². The van der Waals surface area contributed by atoms with Crippen molar-refractivity contribution < 1.29 is 4.92 Å². The second kappa shape index (κ2) is 6.23. The minimum Gasteiger partial charge on any atom is -0.358 e. The van der Waals surface area contributed by atoms with Gasteiger partial charge in [0.05, 0.1) is 11.1 Å². The fourth-order valence-electron chi connectivity index (χ4n) is 2.99. The molecule has 22 heavy (non-hydrogen) atoms. The Morgan fingerprint density at radius 2 is 2.09 bits per heavy atom. The van der Waals surface area contributed by atoms with E-state index in [4.69, 9.17) is 12.2 Å². The minimum atomic E-state index is -0.429. The molecule has 0 radical (unpaired) electrons. The van der Waals surface area contributed by atoms with Crippen LogP contribution in [0.4, 0.5) is 5.69 Å². The fourth-order valence-corrected chi connectivity index (χ4v) is 3.20. The predicted molar refractivity (Wildman–Crippen MR) is 88.7 cm³/mol. The second-order valence-electron chi connectivity index (χ2n) is 5.58. The van der Waals surface area contributed by atoms with Crippen molar-refractivity contribution in [2.24, 2.45) is 16.9 Å². The van der Waals surface area contributed by atoms with Gasteiger partial charge < -0.3 is 5.32 Å². The summed E-state index contributed by atoms with van der Waals surface area (Å²) in [6.45, 7) is 0. The van der Waals surface area contributed by atoms with Crippen LogP contribution in [0.3, 0.4) is 0 Å². The first-order valence-corrected chi connectivity index (χ1v) is 7.55. The van der Waals surface area contributed by atoms with Crippen molar-refractivity contribution in [1.29, 1.82) is 0 Å². The molecule has 0 unspecified atom stereocenters. The molecule has 3 atom stereocenters. The van der Waals surface area contributed by atoms with E-state index in [1.807, 2.05) is 0 Å². The number of benzene rings is 1. The Hall–Kier alpha value is -2.28. The van der Waals surface area contributed by atoms with Gasteiger partial charge in [-0.25, -0.2) is 0 Å². The summed E-state index contributed by atoms with van der Waals surface area (Å²) in [7, 11) is 0. The molecule has 0 saturated heterocycles. The number of nitrogens with one attached hydrogen (secondary N) is 2. The van der Waals surface area contributed by atoms with E-state index in [0.29, 0.717) is 23.0 Å². The van der Waals surface area contributed by atoms with Crippen LogP contribution in [0.1, 0.15) is 18.4 Å². The number of nitrogens with zero attached hydrogens (tertiary/aromatic N) is 2. The fraction of sp³-hybridized carbons (Fsp3) is 0.333. The highest BCUT2D eigenvalue weighted by Crippen LogP contribution is 2.38. The molecule has 0 spiro atoms. The van der Waals surface area contributed by atoms with E-state index in [1.165, 1.54) is 18.6 Å². The Labute approximate surface area is 133 Å². The van der Waals surface area contributed by atoms with Gasteiger partial charge in [0.1, 0.15) is 0 Å². The summed E-state index contributed by atoms with van der Waals surface area (Å²) in [6, 6.07) is 6.56. The number of thiocarbonyl (C=S) groups is 1. The lowest BCUT2D eigenvalue weighted by molar-refractivity contribution is -0.384.